The zero-order valence-corrected chi connectivity index (χ0v) is 17.5. The molecule has 0 aromatic heterocycles. The second-order valence-corrected chi connectivity index (χ2v) is 10.1. The van der Waals surface area contributed by atoms with Gasteiger partial charge in [-0.2, -0.15) is 4.31 Å². The summed E-state index contributed by atoms with van der Waals surface area (Å²) >= 11 is 0. The average molecular weight is 439 g/mol. The molecule has 31 heavy (non-hydrogen) atoms. The molecule has 1 atom stereocenters. The third-order valence-corrected chi connectivity index (χ3v) is 8.03. The lowest BCUT2D eigenvalue weighted by molar-refractivity contribution is -0.138. The van der Waals surface area contributed by atoms with Crippen LogP contribution in [0.25, 0.3) is 0 Å². The lowest BCUT2D eigenvalue weighted by Gasteiger charge is -2.44. The first-order chi connectivity index (χ1) is 14.9. The molecule has 9 heteroatoms. The van der Waals surface area contributed by atoms with Gasteiger partial charge in [0.25, 0.3) is 11.8 Å². The Morgan fingerprint density at radius 2 is 1.55 bits per heavy atom. The highest BCUT2D eigenvalue weighted by Crippen LogP contribution is 2.34. The van der Waals surface area contributed by atoms with E-state index in [1.54, 1.807) is 29.2 Å². The van der Waals surface area contributed by atoms with Crippen LogP contribution in [0, 0.1) is 0 Å². The molecule has 0 radical (unpaired) electrons. The van der Waals surface area contributed by atoms with E-state index in [-0.39, 0.29) is 42.7 Å². The zero-order chi connectivity index (χ0) is 21.8. The van der Waals surface area contributed by atoms with Crippen LogP contribution in [-0.2, 0) is 21.2 Å². The molecule has 2 aromatic rings. The van der Waals surface area contributed by atoms with Crippen LogP contribution >= 0.6 is 0 Å². The Balaban J connectivity index is 1.33. The predicted molar refractivity (Wildman–Crippen MR) is 112 cm³/mol. The van der Waals surface area contributed by atoms with E-state index in [0.29, 0.717) is 6.54 Å². The maximum atomic E-state index is 13.1. The van der Waals surface area contributed by atoms with Gasteiger partial charge in [-0.25, -0.2) is 8.42 Å². The number of hydrogen-bond acceptors (Lipinski definition) is 5. The molecule has 0 saturated carbocycles. The Kier molecular flexibility index (Phi) is 4.67. The average Bonchev–Trinajstić information content (AvgIpc) is 3.02. The molecule has 0 aliphatic carbocycles. The number of piperazine rings is 1. The predicted octanol–water partition coefficient (Wildman–Crippen LogP) is 1.05. The summed E-state index contributed by atoms with van der Waals surface area (Å²) in [6.45, 7) is 0.282. The lowest BCUT2D eigenvalue weighted by Crippen LogP contribution is -2.56. The largest absolute Gasteiger partial charge is 0.333 e. The lowest BCUT2D eigenvalue weighted by atomic mass is 9.91. The number of carbonyl (C=O) groups excluding carboxylic acids is 3. The third-order valence-electron chi connectivity index (χ3n) is 6.27. The quantitative estimate of drug-likeness (QED) is 0.664. The first kappa shape index (κ1) is 19.9. The fourth-order valence-corrected chi connectivity index (χ4v) is 5.98. The van der Waals surface area contributed by atoms with Crippen molar-refractivity contribution in [1.82, 2.24) is 14.1 Å². The fourth-order valence-electron chi connectivity index (χ4n) is 4.64. The third kappa shape index (κ3) is 3.24. The molecule has 8 nitrogen and oxygen atoms in total. The molecule has 2 aromatic carbocycles. The second kappa shape index (κ2) is 7.28. The summed E-state index contributed by atoms with van der Waals surface area (Å²) in [5.74, 6) is -1.62. The van der Waals surface area contributed by atoms with E-state index in [1.165, 1.54) is 4.31 Å². The van der Waals surface area contributed by atoms with E-state index in [9.17, 15) is 22.8 Å². The molecule has 0 N–H and O–H groups in total. The summed E-state index contributed by atoms with van der Waals surface area (Å²) < 4.78 is 27.3. The first-order valence-electron chi connectivity index (χ1n) is 10.2. The standard InChI is InChI=1S/C22H21N3O5S/c26-20-14-23(13-19-16-6-2-1-5-15(16)9-10-24(19)20)31(29,30)12-11-25-21(27)17-7-3-4-8-18(17)22(25)28/h1-8,19H,9-14H2/t19-/m0/s1. The summed E-state index contributed by atoms with van der Waals surface area (Å²) in [4.78, 5) is 40.5. The van der Waals surface area contributed by atoms with Gasteiger partial charge < -0.3 is 4.90 Å². The van der Waals surface area contributed by atoms with E-state index in [2.05, 4.69) is 0 Å². The number of benzene rings is 2. The second-order valence-electron chi connectivity index (χ2n) is 7.97. The van der Waals surface area contributed by atoms with Crippen LogP contribution in [0.3, 0.4) is 0 Å². The summed E-state index contributed by atoms with van der Waals surface area (Å²) in [5, 5.41) is 0. The van der Waals surface area contributed by atoms with E-state index >= 15 is 0 Å². The van der Waals surface area contributed by atoms with Crippen molar-refractivity contribution in [3.63, 3.8) is 0 Å². The Hall–Kier alpha value is -3.04. The number of rotatable bonds is 4. The van der Waals surface area contributed by atoms with Crippen LogP contribution in [0.1, 0.15) is 37.9 Å². The van der Waals surface area contributed by atoms with Crippen LogP contribution in [0.5, 0.6) is 0 Å². The number of imide groups is 1. The van der Waals surface area contributed by atoms with Gasteiger partial charge in [0.05, 0.1) is 29.5 Å². The Bertz CT molecular complexity index is 1170. The van der Waals surface area contributed by atoms with Crippen molar-refractivity contribution in [2.75, 3.05) is 31.9 Å². The molecule has 3 aliphatic heterocycles. The molecule has 1 fully saturated rings. The molecular weight excluding hydrogens is 418 g/mol. The maximum absolute atomic E-state index is 13.1. The topological polar surface area (TPSA) is 95.1 Å². The molecule has 0 unspecified atom stereocenters. The fraction of sp³-hybridized carbons (Fsp3) is 0.318. The highest BCUT2D eigenvalue weighted by atomic mass is 32.2. The minimum atomic E-state index is -3.85. The minimum absolute atomic E-state index is 0.174. The smallest absolute Gasteiger partial charge is 0.261 e. The summed E-state index contributed by atoms with van der Waals surface area (Å²) in [6, 6.07) is 13.9. The minimum Gasteiger partial charge on any atom is -0.333 e. The van der Waals surface area contributed by atoms with Crippen LogP contribution < -0.4 is 0 Å². The molecular formula is C22H21N3O5S. The van der Waals surface area contributed by atoms with E-state index in [4.69, 9.17) is 0 Å². The Labute approximate surface area is 180 Å². The molecule has 5 rings (SSSR count). The van der Waals surface area contributed by atoms with Gasteiger partial charge in [-0.1, -0.05) is 36.4 Å². The van der Waals surface area contributed by atoms with Crippen molar-refractivity contribution in [2.24, 2.45) is 0 Å². The number of hydrogen-bond donors (Lipinski definition) is 0. The molecule has 1 saturated heterocycles. The number of amides is 3. The number of sulfonamides is 1. The Morgan fingerprint density at radius 1 is 0.903 bits per heavy atom. The normalized spacial score (nSPS) is 21.2. The molecule has 0 spiro atoms. The van der Waals surface area contributed by atoms with Crippen molar-refractivity contribution in [3.05, 3.63) is 70.8 Å². The van der Waals surface area contributed by atoms with Gasteiger partial charge in [-0.15, -0.1) is 0 Å². The van der Waals surface area contributed by atoms with Crippen molar-refractivity contribution in [3.8, 4) is 0 Å². The zero-order valence-electron chi connectivity index (χ0n) is 16.7. The van der Waals surface area contributed by atoms with Gasteiger partial charge >= 0.3 is 0 Å². The van der Waals surface area contributed by atoms with Crippen LogP contribution in [0.2, 0.25) is 0 Å². The molecule has 160 valence electrons. The van der Waals surface area contributed by atoms with Crippen molar-refractivity contribution >= 4 is 27.7 Å². The van der Waals surface area contributed by atoms with Gasteiger partial charge in [-0.05, 0) is 29.7 Å². The first-order valence-corrected chi connectivity index (χ1v) is 11.8. The van der Waals surface area contributed by atoms with Crippen molar-refractivity contribution < 1.29 is 22.8 Å². The number of nitrogens with zero attached hydrogens (tertiary/aromatic N) is 3. The van der Waals surface area contributed by atoms with Crippen LogP contribution in [0.15, 0.2) is 48.5 Å². The van der Waals surface area contributed by atoms with Crippen molar-refractivity contribution in [2.45, 2.75) is 12.5 Å². The molecule has 0 bridgehead atoms. The number of fused-ring (bicyclic) bond motifs is 4. The van der Waals surface area contributed by atoms with E-state index in [1.807, 2.05) is 24.3 Å². The van der Waals surface area contributed by atoms with Gasteiger partial charge in [0.1, 0.15) is 0 Å². The molecule has 3 amide bonds. The summed E-state index contributed by atoms with van der Waals surface area (Å²) in [5.41, 5.74) is 2.67. The highest BCUT2D eigenvalue weighted by Gasteiger charge is 2.42. The number of carbonyl (C=O) groups is 3. The highest BCUT2D eigenvalue weighted by molar-refractivity contribution is 7.89. The van der Waals surface area contributed by atoms with Crippen molar-refractivity contribution in [1.29, 1.82) is 0 Å². The SMILES string of the molecule is O=C1c2ccccc2C(=O)N1CCS(=O)(=O)N1CC(=O)N2CCc3ccccc3[C@@H]2C1. The van der Waals surface area contributed by atoms with Crippen LogP contribution in [0.4, 0.5) is 0 Å². The van der Waals surface area contributed by atoms with Crippen LogP contribution in [-0.4, -0.2) is 72.2 Å². The van der Waals surface area contributed by atoms with Gasteiger partial charge in [-0.3, -0.25) is 19.3 Å². The molecule has 3 aliphatic rings. The summed E-state index contributed by atoms with van der Waals surface area (Å²) in [6.07, 6.45) is 0.755. The monoisotopic (exact) mass is 439 g/mol. The van der Waals surface area contributed by atoms with Gasteiger partial charge in [0.15, 0.2) is 0 Å². The Morgan fingerprint density at radius 3 is 2.26 bits per heavy atom. The molecule has 3 heterocycles. The van der Waals surface area contributed by atoms with Gasteiger partial charge in [0, 0.05) is 19.6 Å². The van der Waals surface area contributed by atoms with E-state index < -0.39 is 27.6 Å². The summed E-state index contributed by atoms with van der Waals surface area (Å²) in [7, 11) is -3.85. The van der Waals surface area contributed by atoms with Gasteiger partial charge in [0.2, 0.25) is 15.9 Å². The van der Waals surface area contributed by atoms with E-state index in [0.717, 1.165) is 22.4 Å². The maximum Gasteiger partial charge on any atom is 0.261 e.